The molecule has 0 amide bonds. The molecular weight excluding hydrogens is 268 g/mol. The summed E-state index contributed by atoms with van der Waals surface area (Å²) in [6.07, 6.45) is 2.35. The third-order valence-electron chi connectivity index (χ3n) is 3.32. The summed E-state index contributed by atoms with van der Waals surface area (Å²) in [5.74, 6) is 7.21. The maximum Gasteiger partial charge on any atom is 0.120 e. The van der Waals surface area contributed by atoms with Gasteiger partial charge in [0.05, 0.1) is 12.0 Å². The van der Waals surface area contributed by atoms with Crippen molar-refractivity contribution in [3.05, 3.63) is 42.0 Å². The van der Waals surface area contributed by atoms with Crippen LogP contribution in [0.2, 0.25) is 0 Å². The van der Waals surface area contributed by atoms with E-state index in [-0.39, 0.29) is 0 Å². The predicted molar refractivity (Wildman–Crippen MR) is 86.5 cm³/mol. The second-order valence-corrected chi connectivity index (χ2v) is 4.98. The molecule has 0 aromatic heterocycles. The number of ether oxygens (including phenoxy) is 1. The van der Waals surface area contributed by atoms with Crippen molar-refractivity contribution in [3.63, 3.8) is 0 Å². The van der Waals surface area contributed by atoms with Crippen molar-refractivity contribution < 1.29 is 4.74 Å². The number of alkyl halides is 1. The first kappa shape index (κ1) is 14.8. The van der Waals surface area contributed by atoms with Crippen molar-refractivity contribution in [2.45, 2.75) is 32.8 Å². The Morgan fingerprint density at radius 2 is 1.75 bits per heavy atom. The zero-order valence-corrected chi connectivity index (χ0v) is 12.7. The second-order valence-electron chi connectivity index (χ2n) is 4.72. The Balaban J connectivity index is 2.27. The summed E-state index contributed by atoms with van der Waals surface area (Å²) < 4.78 is 5.97. The van der Waals surface area contributed by atoms with Crippen LogP contribution >= 0.6 is 11.6 Å². The maximum absolute atomic E-state index is 5.97. The molecule has 0 saturated heterocycles. The standard InChI is InChI=1S/C18H19ClO/c1-3-17(4-2)20-18-10-9-15-12-14(6-5-11-19)7-8-16(15)13-18/h7-10,12-13,17H,3-4,11H2,1-2H3. The Bertz CT molecular complexity index is 633. The lowest BCUT2D eigenvalue weighted by molar-refractivity contribution is 0.193. The van der Waals surface area contributed by atoms with Gasteiger partial charge < -0.3 is 4.74 Å². The van der Waals surface area contributed by atoms with Gasteiger partial charge in [0.1, 0.15) is 5.75 Å². The van der Waals surface area contributed by atoms with Gasteiger partial charge in [-0.25, -0.2) is 0 Å². The van der Waals surface area contributed by atoms with Crippen molar-refractivity contribution in [3.8, 4) is 17.6 Å². The van der Waals surface area contributed by atoms with Crippen LogP contribution in [0.25, 0.3) is 10.8 Å². The van der Waals surface area contributed by atoms with Crippen LogP contribution in [0.1, 0.15) is 32.3 Å². The zero-order chi connectivity index (χ0) is 14.4. The highest BCUT2D eigenvalue weighted by Gasteiger charge is 2.05. The first-order chi connectivity index (χ1) is 9.76. The van der Waals surface area contributed by atoms with E-state index in [0.29, 0.717) is 12.0 Å². The molecular formula is C18H19ClO. The van der Waals surface area contributed by atoms with Gasteiger partial charge in [-0.2, -0.15) is 0 Å². The Hall–Kier alpha value is -1.65. The lowest BCUT2D eigenvalue weighted by atomic mass is 10.1. The van der Waals surface area contributed by atoms with E-state index in [4.69, 9.17) is 16.3 Å². The van der Waals surface area contributed by atoms with E-state index in [9.17, 15) is 0 Å². The first-order valence-electron chi connectivity index (χ1n) is 7.02. The predicted octanol–water partition coefficient (Wildman–Crippen LogP) is 5.00. The monoisotopic (exact) mass is 286 g/mol. The molecule has 2 rings (SSSR count). The Morgan fingerprint density at radius 3 is 2.45 bits per heavy atom. The molecule has 0 unspecified atom stereocenters. The van der Waals surface area contributed by atoms with Gasteiger partial charge in [0.25, 0.3) is 0 Å². The summed E-state index contributed by atoms with van der Waals surface area (Å²) in [6, 6.07) is 12.4. The van der Waals surface area contributed by atoms with Gasteiger partial charge in [0.15, 0.2) is 0 Å². The second kappa shape index (κ2) is 7.22. The molecule has 2 aromatic rings. The molecule has 0 aliphatic heterocycles. The summed E-state index contributed by atoms with van der Waals surface area (Å²) in [5.41, 5.74) is 0.992. The lowest BCUT2D eigenvalue weighted by Gasteiger charge is -2.16. The van der Waals surface area contributed by atoms with Gasteiger partial charge in [0.2, 0.25) is 0 Å². The van der Waals surface area contributed by atoms with Crippen LogP contribution in [0.4, 0.5) is 0 Å². The lowest BCUT2D eigenvalue weighted by Crippen LogP contribution is -2.13. The fraction of sp³-hybridized carbons (Fsp3) is 0.333. The number of fused-ring (bicyclic) bond motifs is 1. The van der Waals surface area contributed by atoms with Crippen molar-refractivity contribution in [1.29, 1.82) is 0 Å². The van der Waals surface area contributed by atoms with Gasteiger partial charge in [-0.1, -0.05) is 37.8 Å². The zero-order valence-electron chi connectivity index (χ0n) is 11.9. The maximum atomic E-state index is 5.97. The number of hydrogen-bond donors (Lipinski definition) is 0. The number of hydrogen-bond acceptors (Lipinski definition) is 1. The molecule has 0 atom stereocenters. The average Bonchev–Trinajstić information content (AvgIpc) is 2.50. The first-order valence-corrected chi connectivity index (χ1v) is 7.55. The minimum Gasteiger partial charge on any atom is -0.490 e. The summed E-state index contributed by atoms with van der Waals surface area (Å²) in [7, 11) is 0. The van der Waals surface area contributed by atoms with Crippen molar-refractivity contribution in [1.82, 2.24) is 0 Å². The van der Waals surface area contributed by atoms with Gasteiger partial charge in [0, 0.05) is 5.56 Å². The fourth-order valence-corrected chi connectivity index (χ4v) is 2.22. The topological polar surface area (TPSA) is 9.23 Å². The Kier molecular flexibility index (Phi) is 5.32. The summed E-state index contributed by atoms with van der Waals surface area (Å²) in [6.45, 7) is 4.30. The Labute approximate surface area is 125 Å². The molecule has 1 nitrogen and oxygen atoms in total. The molecule has 2 aromatic carbocycles. The molecule has 0 radical (unpaired) electrons. The van der Waals surface area contributed by atoms with E-state index in [2.05, 4.69) is 50.0 Å². The number of rotatable bonds is 4. The number of halogens is 1. The van der Waals surface area contributed by atoms with E-state index in [0.717, 1.165) is 24.2 Å². The molecule has 0 heterocycles. The molecule has 0 fully saturated rings. The molecule has 2 heteroatoms. The van der Waals surface area contributed by atoms with Crippen LogP contribution in [-0.4, -0.2) is 12.0 Å². The van der Waals surface area contributed by atoms with Gasteiger partial charge in [-0.3, -0.25) is 0 Å². The van der Waals surface area contributed by atoms with Gasteiger partial charge >= 0.3 is 0 Å². The van der Waals surface area contributed by atoms with Crippen LogP contribution in [0.3, 0.4) is 0 Å². The third-order valence-corrected chi connectivity index (χ3v) is 3.46. The van der Waals surface area contributed by atoms with E-state index < -0.39 is 0 Å². The largest absolute Gasteiger partial charge is 0.490 e. The molecule has 20 heavy (non-hydrogen) atoms. The number of benzene rings is 2. The summed E-state index contributed by atoms with van der Waals surface area (Å²) in [5, 5.41) is 2.34. The van der Waals surface area contributed by atoms with E-state index in [1.807, 2.05) is 12.1 Å². The molecule has 104 valence electrons. The average molecular weight is 287 g/mol. The summed E-state index contributed by atoms with van der Waals surface area (Å²) in [4.78, 5) is 0. The van der Waals surface area contributed by atoms with E-state index in [1.54, 1.807) is 0 Å². The van der Waals surface area contributed by atoms with E-state index in [1.165, 1.54) is 10.8 Å². The quantitative estimate of drug-likeness (QED) is 0.568. The van der Waals surface area contributed by atoms with Crippen molar-refractivity contribution in [2.24, 2.45) is 0 Å². The molecule has 0 bridgehead atoms. The minimum atomic E-state index is 0.293. The highest BCUT2D eigenvalue weighted by Crippen LogP contribution is 2.23. The molecule has 0 N–H and O–H groups in total. The molecule has 0 saturated carbocycles. The van der Waals surface area contributed by atoms with Crippen LogP contribution in [-0.2, 0) is 0 Å². The van der Waals surface area contributed by atoms with E-state index >= 15 is 0 Å². The Morgan fingerprint density at radius 1 is 1.05 bits per heavy atom. The molecule has 0 aliphatic carbocycles. The molecule has 0 aliphatic rings. The fourth-order valence-electron chi connectivity index (χ4n) is 2.16. The van der Waals surface area contributed by atoms with Crippen LogP contribution in [0.5, 0.6) is 5.75 Å². The van der Waals surface area contributed by atoms with Crippen LogP contribution in [0, 0.1) is 11.8 Å². The molecule has 0 spiro atoms. The van der Waals surface area contributed by atoms with Crippen molar-refractivity contribution in [2.75, 3.05) is 5.88 Å². The van der Waals surface area contributed by atoms with Gasteiger partial charge in [-0.05, 0) is 47.9 Å². The van der Waals surface area contributed by atoms with Crippen LogP contribution in [0.15, 0.2) is 36.4 Å². The smallest absolute Gasteiger partial charge is 0.120 e. The van der Waals surface area contributed by atoms with Crippen LogP contribution < -0.4 is 4.74 Å². The minimum absolute atomic E-state index is 0.293. The highest BCUT2D eigenvalue weighted by atomic mass is 35.5. The third kappa shape index (κ3) is 3.68. The SMILES string of the molecule is CCC(CC)Oc1ccc2cc(C#CCCl)ccc2c1. The highest BCUT2D eigenvalue weighted by molar-refractivity contribution is 6.19. The van der Waals surface area contributed by atoms with Gasteiger partial charge in [-0.15, -0.1) is 11.6 Å². The van der Waals surface area contributed by atoms with Crippen molar-refractivity contribution >= 4 is 22.4 Å². The normalized spacial score (nSPS) is 10.4. The summed E-state index contributed by atoms with van der Waals surface area (Å²) >= 11 is 5.58.